The molecule has 2 atom stereocenters. The first-order valence-corrected chi connectivity index (χ1v) is 10.00. The maximum Gasteiger partial charge on any atom is 0.0644 e. The van der Waals surface area contributed by atoms with Gasteiger partial charge in [-0.15, -0.1) is 0 Å². The molecular formula is C22H27NOS. The predicted molar refractivity (Wildman–Crippen MR) is 106 cm³/mol. The van der Waals surface area contributed by atoms with Crippen molar-refractivity contribution in [2.45, 2.75) is 57.0 Å². The van der Waals surface area contributed by atoms with Crippen LogP contribution in [0.3, 0.4) is 0 Å². The van der Waals surface area contributed by atoms with Gasteiger partial charge in [-0.05, 0) is 54.7 Å². The number of aromatic nitrogens is 1. The SMILES string of the molecule is CCCOC1CCC1c1cn(C)cc(-c2cccc(C3CC3)c2)c1=S. The summed E-state index contributed by atoms with van der Waals surface area (Å²) in [6.45, 7) is 3.02. The summed E-state index contributed by atoms with van der Waals surface area (Å²) in [6, 6.07) is 8.99. The van der Waals surface area contributed by atoms with E-state index in [0.29, 0.717) is 12.0 Å². The van der Waals surface area contributed by atoms with Crippen molar-refractivity contribution in [2.24, 2.45) is 7.05 Å². The van der Waals surface area contributed by atoms with Crippen LogP contribution >= 0.6 is 12.2 Å². The molecule has 2 saturated carbocycles. The Kier molecular flexibility index (Phi) is 4.79. The van der Waals surface area contributed by atoms with Crippen LogP contribution in [-0.4, -0.2) is 17.3 Å². The number of rotatable bonds is 6. The van der Waals surface area contributed by atoms with Crippen molar-refractivity contribution in [3.8, 4) is 11.1 Å². The topological polar surface area (TPSA) is 14.2 Å². The molecule has 25 heavy (non-hydrogen) atoms. The van der Waals surface area contributed by atoms with E-state index in [9.17, 15) is 0 Å². The largest absolute Gasteiger partial charge is 0.378 e. The highest BCUT2D eigenvalue weighted by atomic mass is 32.1. The van der Waals surface area contributed by atoms with E-state index in [-0.39, 0.29) is 0 Å². The van der Waals surface area contributed by atoms with Gasteiger partial charge in [0.15, 0.2) is 0 Å². The highest BCUT2D eigenvalue weighted by Crippen LogP contribution is 2.43. The Hall–Kier alpha value is -1.45. The van der Waals surface area contributed by atoms with Gasteiger partial charge in [0.25, 0.3) is 0 Å². The van der Waals surface area contributed by atoms with E-state index in [2.05, 4.69) is 55.2 Å². The minimum Gasteiger partial charge on any atom is -0.378 e. The highest BCUT2D eigenvalue weighted by Gasteiger charge is 2.34. The highest BCUT2D eigenvalue weighted by molar-refractivity contribution is 7.71. The fourth-order valence-electron chi connectivity index (χ4n) is 3.87. The van der Waals surface area contributed by atoms with Crippen molar-refractivity contribution in [1.82, 2.24) is 4.57 Å². The summed E-state index contributed by atoms with van der Waals surface area (Å²) in [6.07, 6.45) is 10.8. The molecule has 1 aromatic heterocycles. The van der Waals surface area contributed by atoms with Crippen LogP contribution in [0.1, 0.15) is 62.0 Å². The first kappa shape index (κ1) is 17.0. The van der Waals surface area contributed by atoms with Crippen LogP contribution in [0.2, 0.25) is 0 Å². The molecule has 2 aliphatic carbocycles. The zero-order chi connectivity index (χ0) is 17.4. The van der Waals surface area contributed by atoms with Crippen LogP contribution in [0.5, 0.6) is 0 Å². The van der Waals surface area contributed by atoms with Crippen LogP contribution in [0, 0.1) is 4.51 Å². The molecule has 2 aliphatic rings. The summed E-state index contributed by atoms with van der Waals surface area (Å²) < 4.78 is 9.22. The summed E-state index contributed by atoms with van der Waals surface area (Å²) in [4.78, 5) is 0. The Balaban J connectivity index is 1.69. The maximum atomic E-state index is 6.04. The maximum absolute atomic E-state index is 6.04. The molecule has 2 nitrogen and oxygen atoms in total. The van der Waals surface area contributed by atoms with Crippen molar-refractivity contribution < 1.29 is 4.74 Å². The van der Waals surface area contributed by atoms with Crippen LogP contribution in [0.25, 0.3) is 11.1 Å². The minimum atomic E-state index is 0.342. The molecule has 1 heterocycles. The predicted octanol–water partition coefficient (Wildman–Crippen LogP) is 5.97. The molecule has 132 valence electrons. The van der Waals surface area contributed by atoms with Gasteiger partial charge in [-0.1, -0.05) is 43.4 Å². The van der Waals surface area contributed by atoms with Gasteiger partial charge in [0.1, 0.15) is 0 Å². The van der Waals surface area contributed by atoms with Crippen molar-refractivity contribution >= 4 is 12.2 Å². The summed E-state index contributed by atoms with van der Waals surface area (Å²) >= 11 is 5.93. The van der Waals surface area contributed by atoms with E-state index in [1.54, 1.807) is 0 Å². The van der Waals surface area contributed by atoms with Crippen LogP contribution in [-0.2, 0) is 11.8 Å². The lowest BCUT2D eigenvalue weighted by Crippen LogP contribution is -2.33. The van der Waals surface area contributed by atoms with E-state index in [4.69, 9.17) is 17.0 Å². The monoisotopic (exact) mass is 353 g/mol. The quantitative estimate of drug-likeness (QED) is 0.594. The van der Waals surface area contributed by atoms with Crippen molar-refractivity contribution in [1.29, 1.82) is 0 Å². The van der Waals surface area contributed by atoms with Crippen molar-refractivity contribution in [3.05, 3.63) is 52.3 Å². The normalized spacial score (nSPS) is 22.6. The lowest BCUT2D eigenvalue weighted by atomic mass is 9.77. The van der Waals surface area contributed by atoms with Gasteiger partial charge >= 0.3 is 0 Å². The number of benzene rings is 1. The lowest BCUT2D eigenvalue weighted by molar-refractivity contribution is -0.0167. The first-order chi connectivity index (χ1) is 12.2. The van der Waals surface area contributed by atoms with Gasteiger partial charge in [-0.25, -0.2) is 0 Å². The van der Waals surface area contributed by atoms with Crippen molar-refractivity contribution in [3.63, 3.8) is 0 Å². The molecule has 2 aromatic rings. The zero-order valence-electron chi connectivity index (χ0n) is 15.2. The minimum absolute atomic E-state index is 0.342. The fourth-order valence-corrected chi connectivity index (χ4v) is 4.25. The molecule has 4 rings (SSSR count). The van der Waals surface area contributed by atoms with E-state index in [0.717, 1.165) is 29.9 Å². The smallest absolute Gasteiger partial charge is 0.0644 e. The van der Waals surface area contributed by atoms with E-state index in [1.807, 2.05) is 0 Å². The molecule has 0 amide bonds. The van der Waals surface area contributed by atoms with Crippen LogP contribution in [0.15, 0.2) is 36.7 Å². The standard InChI is InChI=1S/C22H27NOS/c1-3-11-24-21-10-9-18(21)20-14-23(2)13-19(22(20)25)17-6-4-5-16(12-17)15-7-8-15/h4-6,12-15,18,21H,3,7-11H2,1-2H3. The van der Waals surface area contributed by atoms with Gasteiger partial charge in [0.05, 0.1) is 10.6 Å². The number of nitrogens with zero attached hydrogens (tertiary/aromatic N) is 1. The number of pyridine rings is 1. The van der Waals surface area contributed by atoms with E-state index >= 15 is 0 Å². The average molecular weight is 354 g/mol. The molecule has 0 N–H and O–H groups in total. The zero-order valence-corrected chi connectivity index (χ0v) is 16.0. The van der Waals surface area contributed by atoms with E-state index in [1.165, 1.54) is 41.5 Å². The summed E-state index contributed by atoms with van der Waals surface area (Å²) in [5, 5.41) is 0. The Morgan fingerprint density at radius 1 is 1.16 bits per heavy atom. The lowest BCUT2D eigenvalue weighted by Gasteiger charge is -2.37. The summed E-state index contributed by atoms with van der Waals surface area (Å²) in [5.41, 5.74) is 5.21. The molecule has 0 spiro atoms. The van der Waals surface area contributed by atoms with Gasteiger partial charge < -0.3 is 9.30 Å². The number of hydrogen-bond donors (Lipinski definition) is 0. The number of aryl methyl sites for hydroxylation is 1. The van der Waals surface area contributed by atoms with Crippen molar-refractivity contribution in [2.75, 3.05) is 6.61 Å². The number of ether oxygens (including phenoxy) is 1. The Morgan fingerprint density at radius 3 is 2.68 bits per heavy atom. The Morgan fingerprint density at radius 2 is 2.00 bits per heavy atom. The third-order valence-corrected chi connectivity index (χ3v) is 6.03. The molecule has 0 bridgehead atoms. The molecule has 2 unspecified atom stereocenters. The molecule has 2 fully saturated rings. The molecule has 0 radical (unpaired) electrons. The fraction of sp³-hybridized carbons (Fsp3) is 0.500. The van der Waals surface area contributed by atoms with E-state index < -0.39 is 0 Å². The molecule has 1 aromatic carbocycles. The van der Waals surface area contributed by atoms with Gasteiger partial charge in [-0.3, -0.25) is 0 Å². The third kappa shape index (κ3) is 3.45. The Bertz CT molecular complexity index is 821. The first-order valence-electron chi connectivity index (χ1n) is 9.59. The second kappa shape index (κ2) is 7.05. The number of hydrogen-bond acceptors (Lipinski definition) is 2. The van der Waals surface area contributed by atoms with Crippen LogP contribution < -0.4 is 0 Å². The molecule has 3 heteroatoms. The second-order valence-corrected chi connectivity index (χ2v) is 8.02. The summed E-state index contributed by atoms with van der Waals surface area (Å²) in [7, 11) is 2.10. The Labute approximate surface area is 155 Å². The molecule has 0 aliphatic heterocycles. The average Bonchev–Trinajstić information content (AvgIpc) is 3.42. The summed E-state index contributed by atoms with van der Waals surface area (Å²) in [5.74, 6) is 1.22. The third-order valence-electron chi connectivity index (χ3n) is 5.58. The van der Waals surface area contributed by atoms with Gasteiger partial charge in [-0.2, -0.15) is 0 Å². The molecular weight excluding hydrogens is 326 g/mol. The van der Waals surface area contributed by atoms with Crippen LogP contribution in [0.4, 0.5) is 0 Å². The van der Waals surface area contributed by atoms with Gasteiger partial charge in [0.2, 0.25) is 0 Å². The van der Waals surface area contributed by atoms with Gasteiger partial charge in [0, 0.05) is 37.5 Å². The molecule has 0 saturated heterocycles. The second-order valence-electron chi connectivity index (χ2n) is 7.61.